The average Bonchev–Trinajstić information content (AvgIpc) is 2.61. The Morgan fingerprint density at radius 1 is 1.00 bits per heavy atom. The topological polar surface area (TPSA) is 44.4 Å². The normalized spacial score (nSPS) is 10.4. The van der Waals surface area contributed by atoms with Gasteiger partial charge in [-0.1, -0.05) is 24.3 Å². The van der Waals surface area contributed by atoms with Gasteiger partial charge in [-0.05, 0) is 62.6 Å². The highest BCUT2D eigenvalue weighted by atomic mass is 16.1. The molecule has 25 heavy (non-hydrogen) atoms. The maximum absolute atomic E-state index is 12.1. The molecule has 0 aliphatic carbocycles. The van der Waals surface area contributed by atoms with Gasteiger partial charge >= 0.3 is 0 Å². The molecule has 0 saturated heterocycles. The van der Waals surface area contributed by atoms with Crippen LogP contribution in [0.3, 0.4) is 0 Å². The largest absolute Gasteiger partial charge is 0.376 e. The number of nitrogens with zero attached hydrogens (tertiary/aromatic N) is 1. The van der Waals surface area contributed by atoms with E-state index in [0.717, 1.165) is 29.9 Å². The summed E-state index contributed by atoms with van der Waals surface area (Å²) >= 11 is 0. The number of nitrogens with one attached hydrogen (secondary N) is 2. The van der Waals surface area contributed by atoms with Crippen molar-refractivity contribution in [3.8, 4) is 0 Å². The first-order valence-electron chi connectivity index (χ1n) is 8.95. The van der Waals surface area contributed by atoms with E-state index < -0.39 is 0 Å². The molecule has 134 valence electrons. The number of carbonyl (C=O) groups is 1. The summed E-state index contributed by atoms with van der Waals surface area (Å²) in [5, 5.41) is 6.20. The highest BCUT2D eigenvalue weighted by molar-refractivity contribution is 5.81. The zero-order chi connectivity index (χ0) is 18.2. The van der Waals surface area contributed by atoms with Gasteiger partial charge in [-0.2, -0.15) is 0 Å². The lowest BCUT2D eigenvalue weighted by molar-refractivity contribution is -0.119. The molecule has 2 rings (SSSR count). The fraction of sp³-hybridized carbons (Fsp3) is 0.381. The molecule has 2 N–H and O–H groups in total. The number of anilines is 2. The van der Waals surface area contributed by atoms with E-state index >= 15 is 0 Å². The Morgan fingerprint density at radius 3 is 2.36 bits per heavy atom. The molecule has 0 spiro atoms. The molecule has 0 aromatic heterocycles. The SMILES string of the molecule is CCN(CC)c1ccc(NCC(=O)NCc2ccccc2C)c(C)c1. The van der Waals surface area contributed by atoms with Crippen LogP contribution in [0, 0.1) is 13.8 Å². The van der Waals surface area contributed by atoms with Gasteiger partial charge in [-0.15, -0.1) is 0 Å². The van der Waals surface area contributed by atoms with Crippen molar-refractivity contribution in [2.24, 2.45) is 0 Å². The summed E-state index contributed by atoms with van der Waals surface area (Å²) in [4.78, 5) is 14.4. The summed E-state index contributed by atoms with van der Waals surface area (Å²) in [5.74, 6) is -0.00419. The van der Waals surface area contributed by atoms with E-state index in [4.69, 9.17) is 0 Å². The van der Waals surface area contributed by atoms with Crippen LogP contribution in [0.15, 0.2) is 42.5 Å². The molecule has 2 aromatic rings. The number of aryl methyl sites for hydroxylation is 2. The van der Waals surface area contributed by atoms with Crippen molar-refractivity contribution in [1.82, 2.24) is 5.32 Å². The molecule has 0 atom stereocenters. The van der Waals surface area contributed by atoms with Gasteiger partial charge in [0.25, 0.3) is 0 Å². The maximum atomic E-state index is 12.1. The Labute approximate surface area is 151 Å². The van der Waals surface area contributed by atoms with E-state index in [0.29, 0.717) is 6.54 Å². The minimum absolute atomic E-state index is 0.00419. The van der Waals surface area contributed by atoms with Gasteiger partial charge in [0, 0.05) is 31.0 Å². The fourth-order valence-corrected chi connectivity index (χ4v) is 2.87. The molecule has 0 bridgehead atoms. The predicted molar refractivity (Wildman–Crippen MR) is 106 cm³/mol. The molecule has 0 aliphatic heterocycles. The Hall–Kier alpha value is -2.49. The molecule has 0 aliphatic rings. The molecule has 0 saturated carbocycles. The van der Waals surface area contributed by atoms with E-state index in [1.54, 1.807) is 0 Å². The van der Waals surface area contributed by atoms with Crippen molar-refractivity contribution in [2.45, 2.75) is 34.2 Å². The lowest BCUT2D eigenvalue weighted by atomic mass is 10.1. The van der Waals surface area contributed by atoms with Crippen molar-refractivity contribution in [3.05, 3.63) is 59.2 Å². The minimum atomic E-state index is -0.00419. The Morgan fingerprint density at radius 2 is 1.72 bits per heavy atom. The molecule has 0 unspecified atom stereocenters. The van der Waals surface area contributed by atoms with Crippen LogP contribution >= 0.6 is 0 Å². The standard InChI is InChI=1S/C21H29N3O/c1-5-24(6-2)19-11-12-20(17(4)13-19)22-15-21(25)23-14-18-10-8-7-9-16(18)3/h7-13,22H,5-6,14-15H2,1-4H3,(H,23,25). The maximum Gasteiger partial charge on any atom is 0.239 e. The van der Waals surface area contributed by atoms with Crippen LogP contribution in [0.1, 0.15) is 30.5 Å². The average molecular weight is 339 g/mol. The minimum Gasteiger partial charge on any atom is -0.376 e. The monoisotopic (exact) mass is 339 g/mol. The molecule has 0 fully saturated rings. The molecule has 4 nitrogen and oxygen atoms in total. The summed E-state index contributed by atoms with van der Waals surface area (Å²) < 4.78 is 0. The number of hydrogen-bond donors (Lipinski definition) is 2. The van der Waals surface area contributed by atoms with Crippen LogP contribution in [-0.2, 0) is 11.3 Å². The van der Waals surface area contributed by atoms with Crippen LogP contribution in [-0.4, -0.2) is 25.5 Å². The zero-order valence-electron chi connectivity index (χ0n) is 15.7. The van der Waals surface area contributed by atoms with E-state index in [-0.39, 0.29) is 12.5 Å². The van der Waals surface area contributed by atoms with E-state index in [1.165, 1.54) is 11.3 Å². The highest BCUT2D eigenvalue weighted by Gasteiger charge is 2.07. The van der Waals surface area contributed by atoms with Crippen molar-refractivity contribution in [2.75, 3.05) is 29.9 Å². The Bertz CT molecular complexity index is 708. The quantitative estimate of drug-likeness (QED) is 0.767. The van der Waals surface area contributed by atoms with Gasteiger partial charge in [-0.25, -0.2) is 0 Å². The first-order chi connectivity index (χ1) is 12.0. The summed E-state index contributed by atoms with van der Waals surface area (Å²) in [5.41, 5.74) is 5.71. The third-order valence-corrected chi connectivity index (χ3v) is 4.52. The molecular weight excluding hydrogens is 310 g/mol. The lowest BCUT2D eigenvalue weighted by Crippen LogP contribution is -2.29. The lowest BCUT2D eigenvalue weighted by Gasteiger charge is -2.22. The molecular formula is C21H29N3O. The van der Waals surface area contributed by atoms with E-state index in [2.05, 4.69) is 67.5 Å². The summed E-state index contributed by atoms with van der Waals surface area (Å²) in [7, 11) is 0. The third-order valence-electron chi connectivity index (χ3n) is 4.52. The van der Waals surface area contributed by atoms with Crippen molar-refractivity contribution in [1.29, 1.82) is 0 Å². The van der Waals surface area contributed by atoms with Gasteiger partial charge in [0.1, 0.15) is 0 Å². The molecule has 1 amide bonds. The van der Waals surface area contributed by atoms with Crippen molar-refractivity contribution >= 4 is 17.3 Å². The van der Waals surface area contributed by atoms with Gasteiger partial charge in [0.05, 0.1) is 6.54 Å². The molecule has 0 radical (unpaired) electrons. The van der Waals surface area contributed by atoms with Crippen LogP contribution < -0.4 is 15.5 Å². The van der Waals surface area contributed by atoms with Gasteiger partial charge in [0.2, 0.25) is 5.91 Å². The van der Waals surface area contributed by atoms with Crippen LogP contribution in [0.2, 0.25) is 0 Å². The second-order valence-corrected chi connectivity index (χ2v) is 6.23. The molecule has 4 heteroatoms. The van der Waals surface area contributed by atoms with E-state index in [1.807, 2.05) is 18.2 Å². The highest BCUT2D eigenvalue weighted by Crippen LogP contribution is 2.22. The van der Waals surface area contributed by atoms with Crippen molar-refractivity contribution < 1.29 is 4.79 Å². The van der Waals surface area contributed by atoms with Gasteiger partial charge in [0.15, 0.2) is 0 Å². The van der Waals surface area contributed by atoms with Crippen LogP contribution in [0.4, 0.5) is 11.4 Å². The number of carbonyl (C=O) groups excluding carboxylic acids is 1. The van der Waals surface area contributed by atoms with Gasteiger partial charge < -0.3 is 15.5 Å². The predicted octanol–water partition coefficient (Wildman–Crippen LogP) is 3.88. The Kier molecular flexibility index (Phi) is 6.87. The first kappa shape index (κ1) is 18.8. The third kappa shape index (κ3) is 5.24. The van der Waals surface area contributed by atoms with Crippen LogP contribution in [0.5, 0.6) is 0 Å². The second-order valence-electron chi connectivity index (χ2n) is 6.23. The zero-order valence-corrected chi connectivity index (χ0v) is 15.7. The van der Waals surface area contributed by atoms with Gasteiger partial charge in [-0.3, -0.25) is 4.79 Å². The summed E-state index contributed by atoms with van der Waals surface area (Å²) in [6, 6.07) is 14.4. The van der Waals surface area contributed by atoms with Crippen molar-refractivity contribution in [3.63, 3.8) is 0 Å². The second kappa shape index (κ2) is 9.11. The number of amides is 1. The number of rotatable bonds is 8. The smallest absolute Gasteiger partial charge is 0.239 e. The molecule has 2 aromatic carbocycles. The van der Waals surface area contributed by atoms with Crippen LogP contribution in [0.25, 0.3) is 0 Å². The summed E-state index contributed by atoms with van der Waals surface area (Å²) in [6.45, 7) is 11.3. The fourth-order valence-electron chi connectivity index (χ4n) is 2.87. The Balaban J connectivity index is 1.88. The first-order valence-corrected chi connectivity index (χ1v) is 8.95. The number of benzene rings is 2. The molecule has 0 heterocycles. The number of hydrogen-bond acceptors (Lipinski definition) is 3. The van der Waals surface area contributed by atoms with E-state index in [9.17, 15) is 4.79 Å². The summed E-state index contributed by atoms with van der Waals surface area (Å²) in [6.07, 6.45) is 0.